The third-order valence-corrected chi connectivity index (χ3v) is 3.15. The lowest BCUT2D eigenvalue weighted by atomic mass is 9.85. The maximum absolute atomic E-state index is 6.37. The number of hydrogen-bond donors (Lipinski definition) is 0. The standard InChI is InChI=1S/C18H29O2/c1-6-19-14-18(12-15(2)3,13-16(4)5)20-17-10-8-7-9-11-17/h7-11,15-16H,1,6,12-14H2,2-5H3. The van der Waals surface area contributed by atoms with E-state index in [0.29, 0.717) is 25.0 Å². The molecule has 1 aromatic carbocycles. The Hall–Kier alpha value is -1.02. The minimum absolute atomic E-state index is 0.263. The molecule has 2 heteroatoms. The molecule has 0 aromatic heterocycles. The molecule has 0 aliphatic heterocycles. The molecule has 0 atom stereocenters. The SMILES string of the molecule is [CH2]COCC(CC(C)C)(CC(C)C)Oc1ccccc1. The number of para-hydroxylation sites is 1. The smallest absolute Gasteiger partial charge is 0.133 e. The topological polar surface area (TPSA) is 18.5 Å². The van der Waals surface area contributed by atoms with Crippen LogP contribution in [-0.2, 0) is 4.74 Å². The molecule has 1 radical (unpaired) electrons. The van der Waals surface area contributed by atoms with Crippen LogP contribution in [0.25, 0.3) is 0 Å². The zero-order valence-electron chi connectivity index (χ0n) is 13.4. The largest absolute Gasteiger partial charge is 0.485 e. The van der Waals surface area contributed by atoms with Crippen molar-refractivity contribution < 1.29 is 9.47 Å². The molecule has 1 rings (SSSR count). The van der Waals surface area contributed by atoms with Crippen molar-refractivity contribution in [1.82, 2.24) is 0 Å². The van der Waals surface area contributed by atoms with Gasteiger partial charge < -0.3 is 9.47 Å². The van der Waals surface area contributed by atoms with Crippen molar-refractivity contribution in [2.24, 2.45) is 11.8 Å². The highest BCUT2D eigenvalue weighted by atomic mass is 16.5. The molecule has 2 nitrogen and oxygen atoms in total. The molecule has 0 unspecified atom stereocenters. The molecule has 0 saturated heterocycles. The van der Waals surface area contributed by atoms with Crippen LogP contribution in [-0.4, -0.2) is 18.8 Å². The summed E-state index contributed by atoms with van der Waals surface area (Å²) in [5.41, 5.74) is -0.263. The van der Waals surface area contributed by atoms with Gasteiger partial charge in [0.25, 0.3) is 0 Å². The molecule has 0 saturated carbocycles. The van der Waals surface area contributed by atoms with Crippen LogP contribution >= 0.6 is 0 Å². The predicted molar refractivity (Wildman–Crippen MR) is 84.9 cm³/mol. The van der Waals surface area contributed by atoms with Crippen molar-refractivity contribution >= 4 is 0 Å². The molecule has 1 aromatic rings. The third kappa shape index (κ3) is 5.96. The highest BCUT2D eigenvalue weighted by Gasteiger charge is 2.34. The summed E-state index contributed by atoms with van der Waals surface area (Å²) in [6.45, 7) is 13.8. The van der Waals surface area contributed by atoms with Crippen LogP contribution in [0.3, 0.4) is 0 Å². The molecule has 0 heterocycles. The van der Waals surface area contributed by atoms with Gasteiger partial charge in [0.15, 0.2) is 0 Å². The number of benzene rings is 1. The maximum atomic E-state index is 6.37. The molecule has 0 spiro atoms. The van der Waals surface area contributed by atoms with Crippen LogP contribution in [0.5, 0.6) is 5.75 Å². The molecule has 0 bridgehead atoms. The lowest BCUT2D eigenvalue weighted by Crippen LogP contribution is -2.43. The predicted octanol–water partition coefficient (Wildman–Crippen LogP) is 4.75. The Labute approximate surface area is 124 Å². The fourth-order valence-corrected chi connectivity index (χ4v) is 2.80. The van der Waals surface area contributed by atoms with Crippen LogP contribution in [0.1, 0.15) is 40.5 Å². The molecule has 0 aliphatic rings. The van der Waals surface area contributed by atoms with Gasteiger partial charge in [-0.15, -0.1) is 0 Å². The molecular weight excluding hydrogens is 248 g/mol. The van der Waals surface area contributed by atoms with E-state index < -0.39 is 0 Å². The number of rotatable bonds is 9. The zero-order valence-corrected chi connectivity index (χ0v) is 13.4. The Kier molecular flexibility index (Phi) is 7.08. The van der Waals surface area contributed by atoms with Crippen LogP contribution in [0, 0.1) is 18.8 Å². The van der Waals surface area contributed by atoms with Crippen molar-refractivity contribution in [3.8, 4) is 5.75 Å². The molecule has 113 valence electrons. The molecule has 20 heavy (non-hydrogen) atoms. The van der Waals surface area contributed by atoms with E-state index in [1.54, 1.807) is 0 Å². The van der Waals surface area contributed by atoms with Gasteiger partial charge in [-0.3, -0.25) is 0 Å². The van der Waals surface area contributed by atoms with Crippen molar-refractivity contribution in [2.75, 3.05) is 13.2 Å². The summed E-state index contributed by atoms with van der Waals surface area (Å²) in [6.07, 6.45) is 1.97. The number of ether oxygens (including phenoxy) is 2. The van der Waals surface area contributed by atoms with Gasteiger partial charge in [0, 0.05) is 6.61 Å². The highest BCUT2D eigenvalue weighted by Crippen LogP contribution is 2.31. The van der Waals surface area contributed by atoms with Gasteiger partial charge in [-0.1, -0.05) is 45.9 Å². The Morgan fingerprint density at radius 2 is 1.55 bits per heavy atom. The van der Waals surface area contributed by atoms with E-state index in [9.17, 15) is 0 Å². The Balaban J connectivity index is 2.93. The van der Waals surface area contributed by atoms with Crippen LogP contribution < -0.4 is 4.74 Å². The summed E-state index contributed by atoms with van der Waals surface area (Å²) in [5.74, 6) is 2.04. The first kappa shape index (κ1) is 17.0. The summed E-state index contributed by atoms with van der Waals surface area (Å²) in [7, 11) is 0. The first-order valence-corrected chi connectivity index (χ1v) is 7.58. The fraction of sp³-hybridized carbons (Fsp3) is 0.611. The second-order valence-corrected chi connectivity index (χ2v) is 6.35. The van der Waals surface area contributed by atoms with Crippen molar-refractivity contribution in [1.29, 1.82) is 0 Å². The van der Waals surface area contributed by atoms with Crippen molar-refractivity contribution in [3.05, 3.63) is 37.3 Å². The fourth-order valence-electron chi connectivity index (χ4n) is 2.80. The van der Waals surface area contributed by atoms with E-state index in [2.05, 4.69) is 34.6 Å². The summed E-state index contributed by atoms with van der Waals surface area (Å²) in [5, 5.41) is 0. The molecule has 0 aliphatic carbocycles. The average molecular weight is 277 g/mol. The van der Waals surface area contributed by atoms with E-state index in [1.807, 2.05) is 30.3 Å². The Morgan fingerprint density at radius 1 is 1.00 bits per heavy atom. The van der Waals surface area contributed by atoms with Gasteiger partial charge >= 0.3 is 0 Å². The summed E-state index contributed by atoms with van der Waals surface area (Å²) in [4.78, 5) is 0. The normalized spacial score (nSPS) is 12.2. The molecule has 0 amide bonds. The lowest BCUT2D eigenvalue weighted by Gasteiger charge is -2.37. The van der Waals surface area contributed by atoms with Gasteiger partial charge in [-0.25, -0.2) is 0 Å². The first-order chi connectivity index (χ1) is 9.47. The average Bonchev–Trinajstić information content (AvgIpc) is 2.36. The van der Waals surface area contributed by atoms with E-state index >= 15 is 0 Å². The summed E-state index contributed by atoms with van der Waals surface area (Å²) >= 11 is 0. The van der Waals surface area contributed by atoms with Crippen LogP contribution in [0.4, 0.5) is 0 Å². The van der Waals surface area contributed by atoms with Crippen molar-refractivity contribution in [3.63, 3.8) is 0 Å². The Morgan fingerprint density at radius 3 is 2.00 bits per heavy atom. The summed E-state index contributed by atoms with van der Waals surface area (Å²) in [6, 6.07) is 10.0. The van der Waals surface area contributed by atoms with E-state index in [1.165, 1.54) is 0 Å². The second-order valence-electron chi connectivity index (χ2n) is 6.35. The third-order valence-electron chi connectivity index (χ3n) is 3.15. The highest BCUT2D eigenvalue weighted by molar-refractivity contribution is 5.22. The van der Waals surface area contributed by atoms with Gasteiger partial charge in [-0.2, -0.15) is 0 Å². The van der Waals surface area contributed by atoms with E-state index in [4.69, 9.17) is 9.47 Å². The lowest BCUT2D eigenvalue weighted by molar-refractivity contribution is -0.0463. The Bertz CT molecular complexity index is 347. The minimum atomic E-state index is -0.263. The van der Waals surface area contributed by atoms with Gasteiger partial charge in [0.1, 0.15) is 11.4 Å². The van der Waals surface area contributed by atoms with Crippen LogP contribution in [0.15, 0.2) is 30.3 Å². The van der Waals surface area contributed by atoms with Gasteiger partial charge in [-0.05, 0) is 43.7 Å². The molecule has 0 N–H and O–H groups in total. The second kappa shape index (κ2) is 8.31. The first-order valence-electron chi connectivity index (χ1n) is 7.58. The maximum Gasteiger partial charge on any atom is 0.133 e. The van der Waals surface area contributed by atoms with Gasteiger partial charge in [0.2, 0.25) is 0 Å². The van der Waals surface area contributed by atoms with Crippen molar-refractivity contribution in [2.45, 2.75) is 46.1 Å². The quantitative estimate of drug-likeness (QED) is 0.648. The van der Waals surface area contributed by atoms with E-state index in [0.717, 1.165) is 18.6 Å². The van der Waals surface area contributed by atoms with Gasteiger partial charge in [0.05, 0.1) is 6.61 Å². The molecule has 0 fully saturated rings. The zero-order chi connectivity index (χ0) is 15.0. The summed E-state index contributed by atoms with van der Waals surface area (Å²) < 4.78 is 12.0. The van der Waals surface area contributed by atoms with E-state index in [-0.39, 0.29) is 5.60 Å². The minimum Gasteiger partial charge on any atom is -0.485 e. The monoisotopic (exact) mass is 277 g/mol. The molecular formula is C18H29O2. The van der Waals surface area contributed by atoms with Crippen LogP contribution in [0.2, 0.25) is 0 Å². The number of hydrogen-bond acceptors (Lipinski definition) is 2.